The van der Waals surface area contributed by atoms with E-state index in [2.05, 4.69) is 12.6 Å². The first-order valence-electron chi connectivity index (χ1n) is 5.52. The highest BCUT2D eigenvalue weighted by atomic mass is 32.1. The SMILES string of the molecule is COc1cccc(COC(=O)C(S)C(C)C)c1. The van der Waals surface area contributed by atoms with Crippen molar-refractivity contribution in [3.8, 4) is 5.75 Å². The predicted octanol–water partition coefficient (Wildman–Crippen LogP) is 2.69. The average Bonchev–Trinajstić information content (AvgIpc) is 2.35. The Balaban J connectivity index is 2.52. The van der Waals surface area contributed by atoms with Gasteiger partial charge in [0.15, 0.2) is 0 Å². The molecular formula is C13H18O3S. The second-order valence-electron chi connectivity index (χ2n) is 4.15. The van der Waals surface area contributed by atoms with E-state index < -0.39 is 0 Å². The van der Waals surface area contributed by atoms with Crippen LogP contribution in [0, 0.1) is 5.92 Å². The van der Waals surface area contributed by atoms with Gasteiger partial charge in [-0.1, -0.05) is 26.0 Å². The van der Waals surface area contributed by atoms with E-state index in [1.165, 1.54) is 0 Å². The Morgan fingerprint density at radius 2 is 2.12 bits per heavy atom. The summed E-state index contributed by atoms with van der Waals surface area (Å²) in [6, 6.07) is 7.44. The first-order chi connectivity index (χ1) is 8.04. The highest BCUT2D eigenvalue weighted by molar-refractivity contribution is 7.81. The highest BCUT2D eigenvalue weighted by Crippen LogP contribution is 2.15. The standard InChI is InChI=1S/C13H18O3S/c1-9(2)12(17)13(14)16-8-10-5-4-6-11(7-10)15-3/h4-7,9,12,17H,8H2,1-3H3. The number of ether oxygens (including phenoxy) is 2. The van der Waals surface area contributed by atoms with Crippen LogP contribution in [0.25, 0.3) is 0 Å². The molecule has 17 heavy (non-hydrogen) atoms. The molecule has 0 saturated heterocycles. The second kappa shape index (κ2) is 6.55. The molecule has 1 rings (SSSR count). The summed E-state index contributed by atoms with van der Waals surface area (Å²) in [4.78, 5) is 11.6. The Morgan fingerprint density at radius 1 is 1.41 bits per heavy atom. The van der Waals surface area contributed by atoms with Gasteiger partial charge in [-0.25, -0.2) is 0 Å². The van der Waals surface area contributed by atoms with E-state index in [0.717, 1.165) is 11.3 Å². The fraction of sp³-hybridized carbons (Fsp3) is 0.462. The molecule has 1 atom stereocenters. The number of hydrogen-bond acceptors (Lipinski definition) is 4. The Hall–Kier alpha value is -1.16. The molecule has 0 aliphatic rings. The number of rotatable bonds is 5. The van der Waals surface area contributed by atoms with Crippen LogP contribution in [-0.4, -0.2) is 18.3 Å². The number of esters is 1. The van der Waals surface area contributed by atoms with Crippen LogP contribution in [-0.2, 0) is 16.1 Å². The third kappa shape index (κ3) is 4.30. The van der Waals surface area contributed by atoms with Crippen LogP contribution in [0.4, 0.5) is 0 Å². The van der Waals surface area contributed by atoms with Gasteiger partial charge in [-0.2, -0.15) is 12.6 Å². The molecule has 0 bridgehead atoms. The van der Waals surface area contributed by atoms with Crippen molar-refractivity contribution in [1.82, 2.24) is 0 Å². The molecule has 0 heterocycles. The molecule has 0 N–H and O–H groups in total. The summed E-state index contributed by atoms with van der Waals surface area (Å²) >= 11 is 4.21. The summed E-state index contributed by atoms with van der Waals surface area (Å²) in [5.41, 5.74) is 0.905. The number of carbonyl (C=O) groups is 1. The molecule has 0 aliphatic heterocycles. The van der Waals surface area contributed by atoms with Crippen LogP contribution in [0.15, 0.2) is 24.3 Å². The van der Waals surface area contributed by atoms with Crippen molar-refractivity contribution < 1.29 is 14.3 Å². The Kier molecular flexibility index (Phi) is 5.35. The van der Waals surface area contributed by atoms with Gasteiger partial charge in [-0.15, -0.1) is 0 Å². The van der Waals surface area contributed by atoms with Crippen molar-refractivity contribution in [2.45, 2.75) is 25.7 Å². The van der Waals surface area contributed by atoms with Crippen LogP contribution >= 0.6 is 12.6 Å². The fourth-order valence-electron chi connectivity index (χ4n) is 1.27. The number of methoxy groups -OCH3 is 1. The Labute approximate surface area is 108 Å². The number of thiol groups is 1. The maximum Gasteiger partial charge on any atom is 0.319 e. The Morgan fingerprint density at radius 3 is 2.71 bits per heavy atom. The quantitative estimate of drug-likeness (QED) is 0.648. The summed E-state index contributed by atoms with van der Waals surface area (Å²) in [6.45, 7) is 4.12. The number of hydrogen-bond donors (Lipinski definition) is 1. The van der Waals surface area contributed by atoms with Gasteiger partial charge < -0.3 is 9.47 Å². The van der Waals surface area contributed by atoms with E-state index in [-0.39, 0.29) is 23.7 Å². The second-order valence-corrected chi connectivity index (χ2v) is 4.70. The molecule has 0 aromatic heterocycles. The summed E-state index contributed by atoms with van der Waals surface area (Å²) in [7, 11) is 1.60. The molecule has 1 unspecified atom stereocenters. The molecule has 0 radical (unpaired) electrons. The number of benzene rings is 1. The van der Waals surface area contributed by atoms with E-state index in [9.17, 15) is 4.79 Å². The first kappa shape index (κ1) is 13.9. The monoisotopic (exact) mass is 254 g/mol. The summed E-state index contributed by atoms with van der Waals surface area (Å²) < 4.78 is 10.3. The molecule has 0 amide bonds. The molecule has 0 fully saturated rings. The molecule has 94 valence electrons. The van der Waals surface area contributed by atoms with Crippen molar-refractivity contribution >= 4 is 18.6 Å². The van der Waals surface area contributed by atoms with Crippen molar-refractivity contribution in [2.24, 2.45) is 5.92 Å². The van der Waals surface area contributed by atoms with Crippen LogP contribution in [0.3, 0.4) is 0 Å². The Bertz CT molecular complexity index is 377. The molecule has 1 aromatic carbocycles. The molecular weight excluding hydrogens is 236 g/mol. The van der Waals surface area contributed by atoms with Gasteiger partial charge in [0.25, 0.3) is 0 Å². The fourth-order valence-corrected chi connectivity index (χ4v) is 1.35. The zero-order valence-corrected chi connectivity index (χ0v) is 11.2. The van der Waals surface area contributed by atoms with Crippen LogP contribution in [0.1, 0.15) is 19.4 Å². The minimum Gasteiger partial charge on any atom is -0.497 e. The van der Waals surface area contributed by atoms with Crippen LogP contribution in [0.2, 0.25) is 0 Å². The summed E-state index contributed by atoms with van der Waals surface area (Å²) in [5.74, 6) is 0.632. The van der Waals surface area contributed by atoms with Gasteiger partial charge in [0.2, 0.25) is 0 Å². The zero-order valence-electron chi connectivity index (χ0n) is 10.3. The average molecular weight is 254 g/mol. The topological polar surface area (TPSA) is 35.5 Å². The van der Waals surface area contributed by atoms with E-state index >= 15 is 0 Å². The van der Waals surface area contributed by atoms with E-state index in [1.54, 1.807) is 7.11 Å². The molecule has 4 heteroatoms. The maximum atomic E-state index is 11.6. The van der Waals surface area contributed by atoms with Crippen molar-refractivity contribution in [3.63, 3.8) is 0 Å². The molecule has 0 saturated carbocycles. The lowest BCUT2D eigenvalue weighted by molar-refractivity contribution is -0.145. The highest BCUT2D eigenvalue weighted by Gasteiger charge is 2.19. The van der Waals surface area contributed by atoms with E-state index in [4.69, 9.17) is 9.47 Å². The van der Waals surface area contributed by atoms with Gasteiger partial charge in [0.05, 0.1) is 7.11 Å². The minimum atomic E-state index is -0.374. The lowest BCUT2D eigenvalue weighted by atomic mass is 10.1. The van der Waals surface area contributed by atoms with E-state index in [0.29, 0.717) is 0 Å². The minimum absolute atomic E-state index is 0.163. The van der Waals surface area contributed by atoms with E-state index in [1.807, 2.05) is 38.1 Å². The summed E-state index contributed by atoms with van der Waals surface area (Å²) in [6.07, 6.45) is 0. The maximum absolute atomic E-state index is 11.6. The first-order valence-corrected chi connectivity index (χ1v) is 6.04. The van der Waals surface area contributed by atoms with Gasteiger partial charge in [0.1, 0.15) is 17.6 Å². The predicted molar refractivity (Wildman–Crippen MR) is 70.4 cm³/mol. The molecule has 3 nitrogen and oxygen atoms in total. The normalized spacial score (nSPS) is 12.3. The largest absolute Gasteiger partial charge is 0.497 e. The van der Waals surface area contributed by atoms with Gasteiger partial charge in [-0.05, 0) is 23.6 Å². The summed E-state index contributed by atoms with van der Waals surface area (Å²) in [5, 5.41) is -0.374. The third-order valence-corrected chi connectivity index (χ3v) is 3.20. The lowest BCUT2D eigenvalue weighted by Gasteiger charge is -2.13. The van der Waals surface area contributed by atoms with Gasteiger partial charge in [0, 0.05) is 0 Å². The van der Waals surface area contributed by atoms with Crippen LogP contribution in [0.5, 0.6) is 5.75 Å². The molecule has 1 aromatic rings. The van der Waals surface area contributed by atoms with Gasteiger partial charge in [-0.3, -0.25) is 4.79 Å². The van der Waals surface area contributed by atoms with Crippen molar-refractivity contribution in [1.29, 1.82) is 0 Å². The molecule has 0 spiro atoms. The third-order valence-electron chi connectivity index (χ3n) is 2.39. The zero-order chi connectivity index (χ0) is 12.8. The number of carbonyl (C=O) groups excluding carboxylic acids is 1. The van der Waals surface area contributed by atoms with Crippen molar-refractivity contribution in [2.75, 3.05) is 7.11 Å². The lowest BCUT2D eigenvalue weighted by Crippen LogP contribution is -2.23. The van der Waals surface area contributed by atoms with Gasteiger partial charge >= 0.3 is 5.97 Å². The van der Waals surface area contributed by atoms with Crippen molar-refractivity contribution in [3.05, 3.63) is 29.8 Å². The molecule has 0 aliphatic carbocycles. The smallest absolute Gasteiger partial charge is 0.319 e. The van der Waals surface area contributed by atoms with Crippen LogP contribution < -0.4 is 4.74 Å².